The third kappa shape index (κ3) is 7.42. The molecular formula is C39H45Cl2N3O8. The van der Waals surface area contributed by atoms with E-state index in [2.05, 4.69) is 4.90 Å². The Labute approximate surface area is 314 Å². The number of aliphatic carboxylic acids is 1. The van der Waals surface area contributed by atoms with Crippen molar-refractivity contribution in [3.05, 3.63) is 87.4 Å². The predicted octanol–water partition coefficient (Wildman–Crippen LogP) is 5.54. The summed E-state index contributed by atoms with van der Waals surface area (Å²) in [6.45, 7) is 3.70. The molecule has 6 rings (SSSR count). The van der Waals surface area contributed by atoms with Gasteiger partial charge in [0.2, 0.25) is 11.7 Å². The molecule has 3 aliphatic heterocycles. The molecule has 13 heteroatoms. The first-order valence-electron chi connectivity index (χ1n) is 17.5. The number of carbonyl (C=O) groups is 3. The zero-order valence-corrected chi connectivity index (χ0v) is 31.3. The van der Waals surface area contributed by atoms with Crippen LogP contribution in [-0.4, -0.2) is 117 Å². The van der Waals surface area contributed by atoms with Crippen molar-refractivity contribution in [3.63, 3.8) is 0 Å². The molecule has 3 heterocycles. The molecule has 52 heavy (non-hydrogen) atoms. The Balaban J connectivity index is 1.21. The quantitative estimate of drug-likeness (QED) is 0.270. The Morgan fingerprint density at radius 3 is 2.13 bits per heavy atom. The second-order valence-electron chi connectivity index (χ2n) is 13.8. The number of carboxylic acids is 1. The maximum atomic E-state index is 14.3. The maximum absolute atomic E-state index is 14.3. The molecule has 0 radical (unpaired) electrons. The number of halogens is 2. The average Bonchev–Trinajstić information content (AvgIpc) is 3.63. The van der Waals surface area contributed by atoms with E-state index in [-0.39, 0.29) is 25.0 Å². The van der Waals surface area contributed by atoms with Crippen molar-refractivity contribution < 1.29 is 38.4 Å². The largest absolute Gasteiger partial charge is 0.493 e. The third-order valence-electron chi connectivity index (χ3n) is 11.1. The SMILES string of the molecule is COc1cc(C(=O)N2CC[C@](CCN3CCC(C(=O)N4CCOC(C(=O)O)C4)(c4ccccc4)CC3)(c3ccc(Cl)c(Cl)c3)C2)cc(OC)c1OC. The van der Waals surface area contributed by atoms with Gasteiger partial charge >= 0.3 is 5.97 Å². The van der Waals surface area contributed by atoms with Crippen LogP contribution in [0.15, 0.2) is 60.7 Å². The van der Waals surface area contributed by atoms with Crippen molar-refractivity contribution >= 4 is 41.0 Å². The van der Waals surface area contributed by atoms with Gasteiger partial charge in [0.15, 0.2) is 17.6 Å². The fourth-order valence-electron chi connectivity index (χ4n) is 8.04. The van der Waals surface area contributed by atoms with Gasteiger partial charge in [-0.3, -0.25) is 9.59 Å². The Hall–Kier alpha value is -4.03. The van der Waals surface area contributed by atoms with Crippen molar-refractivity contribution in [1.29, 1.82) is 0 Å². The number of hydrogen-bond acceptors (Lipinski definition) is 8. The van der Waals surface area contributed by atoms with Crippen LogP contribution in [0.4, 0.5) is 0 Å². The number of nitrogens with zero attached hydrogens (tertiary/aromatic N) is 3. The zero-order chi connectivity index (χ0) is 37.0. The summed E-state index contributed by atoms with van der Waals surface area (Å²) in [5.74, 6) is -0.0126. The summed E-state index contributed by atoms with van der Waals surface area (Å²) in [5, 5.41) is 10.5. The molecule has 0 aliphatic carbocycles. The van der Waals surface area contributed by atoms with Crippen molar-refractivity contribution in [2.45, 2.75) is 42.6 Å². The number of ether oxygens (including phenoxy) is 4. The minimum Gasteiger partial charge on any atom is -0.493 e. The molecule has 3 fully saturated rings. The van der Waals surface area contributed by atoms with Crippen LogP contribution in [-0.2, 0) is 25.2 Å². The van der Waals surface area contributed by atoms with Gasteiger partial charge < -0.3 is 38.8 Å². The van der Waals surface area contributed by atoms with Gasteiger partial charge in [0, 0.05) is 30.6 Å². The predicted molar refractivity (Wildman–Crippen MR) is 197 cm³/mol. The summed E-state index contributed by atoms with van der Waals surface area (Å²) >= 11 is 12.9. The van der Waals surface area contributed by atoms with Crippen molar-refractivity contribution in [1.82, 2.24) is 14.7 Å². The van der Waals surface area contributed by atoms with Crippen LogP contribution < -0.4 is 14.2 Å². The molecule has 3 aromatic rings. The molecule has 3 aromatic carbocycles. The van der Waals surface area contributed by atoms with E-state index in [1.807, 2.05) is 53.4 Å². The summed E-state index contributed by atoms with van der Waals surface area (Å²) in [4.78, 5) is 46.0. The Morgan fingerprint density at radius 2 is 1.52 bits per heavy atom. The highest BCUT2D eigenvalue weighted by Gasteiger charge is 2.47. The van der Waals surface area contributed by atoms with Crippen LogP contribution in [0.5, 0.6) is 17.2 Å². The van der Waals surface area contributed by atoms with Crippen LogP contribution in [0.3, 0.4) is 0 Å². The van der Waals surface area contributed by atoms with Gasteiger partial charge in [0.1, 0.15) is 0 Å². The standard InChI is InChI=1S/C39H45Cl2N3O8/c1-49-31-21-26(22-32(50-2)34(31)51-3)35(45)44-18-12-38(25-44,28-9-10-29(40)30(41)23-28)11-15-42-16-13-39(14-17-42,27-7-5-4-6-8-27)37(48)43-19-20-52-33(24-43)36(46)47/h4-10,21-23,33H,11-20,24-25H2,1-3H3,(H,46,47)/t33?,38-/m0/s1. The first-order valence-corrected chi connectivity index (χ1v) is 18.3. The van der Waals surface area contributed by atoms with E-state index >= 15 is 0 Å². The summed E-state index contributed by atoms with van der Waals surface area (Å²) < 4.78 is 21.9. The lowest BCUT2D eigenvalue weighted by atomic mass is 9.71. The van der Waals surface area contributed by atoms with E-state index in [0.717, 1.165) is 30.5 Å². The van der Waals surface area contributed by atoms with Crippen LogP contribution >= 0.6 is 23.2 Å². The van der Waals surface area contributed by atoms with E-state index in [1.165, 1.54) is 21.3 Å². The lowest BCUT2D eigenvalue weighted by Crippen LogP contribution is -2.57. The first-order chi connectivity index (χ1) is 25.0. The number of piperidine rings is 1. The van der Waals surface area contributed by atoms with Crippen molar-refractivity contribution in [2.75, 3.05) is 73.7 Å². The highest BCUT2D eigenvalue weighted by Crippen LogP contribution is 2.44. The molecule has 0 saturated carbocycles. The van der Waals surface area contributed by atoms with Gasteiger partial charge in [-0.1, -0.05) is 59.6 Å². The number of amides is 2. The molecule has 3 aliphatic rings. The highest BCUT2D eigenvalue weighted by atomic mass is 35.5. The second-order valence-corrected chi connectivity index (χ2v) is 14.6. The number of likely N-dealkylation sites (tertiary alicyclic amines) is 2. The molecule has 278 valence electrons. The van der Waals surface area contributed by atoms with Crippen LogP contribution in [0.2, 0.25) is 10.0 Å². The molecule has 2 amide bonds. The van der Waals surface area contributed by atoms with Gasteiger partial charge in [-0.2, -0.15) is 0 Å². The monoisotopic (exact) mass is 753 g/mol. The topological polar surface area (TPSA) is 118 Å². The third-order valence-corrected chi connectivity index (χ3v) is 11.8. The number of carbonyl (C=O) groups excluding carboxylic acids is 2. The molecule has 3 saturated heterocycles. The molecule has 1 unspecified atom stereocenters. The van der Waals surface area contributed by atoms with Crippen LogP contribution in [0.1, 0.15) is 47.2 Å². The minimum absolute atomic E-state index is 0.0317. The van der Waals surface area contributed by atoms with E-state index in [1.54, 1.807) is 17.0 Å². The second kappa shape index (κ2) is 15.9. The van der Waals surface area contributed by atoms with Gasteiger partial charge in [0.05, 0.1) is 49.9 Å². The highest BCUT2D eigenvalue weighted by molar-refractivity contribution is 6.42. The Kier molecular flexibility index (Phi) is 11.5. The van der Waals surface area contributed by atoms with Gasteiger partial charge in [-0.05, 0) is 80.7 Å². The van der Waals surface area contributed by atoms with Crippen LogP contribution in [0.25, 0.3) is 0 Å². The number of carboxylic acid groups (broad SMARTS) is 1. The number of hydrogen-bond donors (Lipinski definition) is 1. The summed E-state index contributed by atoms with van der Waals surface area (Å²) in [7, 11) is 4.57. The number of morpholine rings is 1. The number of benzene rings is 3. The van der Waals surface area contributed by atoms with Gasteiger partial charge in [0.25, 0.3) is 5.91 Å². The Bertz CT molecular complexity index is 1760. The molecule has 0 aromatic heterocycles. The molecular weight excluding hydrogens is 709 g/mol. The smallest absolute Gasteiger partial charge is 0.334 e. The summed E-state index contributed by atoms with van der Waals surface area (Å²) in [6, 6.07) is 18.9. The van der Waals surface area contributed by atoms with Crippen LogP contribution in [0, 0.1) is 0 Å². The van der Waals surface area contributed by atoms with E-state index in [9.17, 15) is 19.5 Å². The fraction of sp³-hybridized carbons (Fsp3) is 0.462. The Morgan fingerprint density at radius 1 is 0.827 bits per heavy atom. The lowest BCUT2D eigenvalue weighted by Gasteiger charge is -2.45. The zero-order valence-electron chi connectivity index (χ0n) is 29.7. The van der Waals surface area contributed by atoms with Crippen molar-refractivity contribution in [3.8, 4) is 17.2 Å². The van der Waals surface area contributed by atoms with Gasteiger partial charge in [-0.25, -0.2) is 4.79 Å². The molecule has 0 spiro atoms. The number of methoxy groups -OCH3 is 3. The normalized spacial score (nSPS) is 21.8. The first kappa shape index (κ1) is 37.7. The minimum atomic E-state index is -1.06. The van der Waals surface area contributed by atoms with E-state index < -0.39 is 22.9 Å². The maximum Gasteiger partial charge on any atom is 0.334 e. The number of rotatable bonds is 11. The molecule has 0 bridgehead atoms. The lowest BCUT2D eigenvalue weighted by molar-refractivity contribution is -0.161. The fourth-order valence-corrected chi connectivity index (χ4v) is 8.34. The summed E-state index contributed by atoms with van der Waals surface area (Å²) in [5.41, 5.74) is 1.24. The van der Waals surface area contributed by atoms with E-state index in [0.29, 0.717) is 78.4 Å². The molecule has 11 nitrogen and oxygen atoms in total. The molecule has 1 N–H and O–H groups in total. The molecule has 2 atom stereocenters. The van der Waals surface area contributed by atoms with E-state index in [4.69, 9.17) is 42.1 Å². The average molecular weight is 755 g/mol. The van der Waals surface area contributed by atoms with Gasteiger partial charge in [-0.15, -0.1) is 0 Å². The summed E-state index contributed by atoms with van der Waals surface area (Å²) in [6.07, 6.45) is 1.63. The van der Waals surface area contributed by atoms with Crippen molar-refractivity contribution in [2.24, 2.45) is 0 Å².